The number of halogens is 6. The summed E-state index contributed by atoms with van der Waals surface area (Å²) in [5, 5.41) is 0. The zero-order valence-corrected chi connectivity index (χ0v) is 11.3. The van der Waals surface area contributed by atoms with Crippen molar-refractivity contribution in [3.05, 3.63) is 30.6 Å². The van der Waals surface area contributed by atoms with Crippen LogP contribution in [-0.2, 0) is 19.7 Å². The second-order valence-electron chi connectivity index (χ2n) is 3.61. The molecule has 0 saturated carbocycles. The molecule has 1 heterocycles. The topological polar surface area (TPSA) is 72.2 Å². The van der Waals surface area contributed by atoms with Gasteiger partial charge in [-0.3, -0.25) is 0 Å². The van der Waals surface area contributed by atoms with Crippen molar-refractivity contribution in [1.82, 2.24) is 0 Å². The third kappa shape index (κ3) is 3.12. The highest BCUT2D eigenvalue weighted by Gasteiger charge is 2.68. The van der Waals surface area contributed by atoms with Crippen molar-refractivity contribution in [3.8, 4) is 0 Å². The Hall–Kier alpha value is -1.37. The normalized spacial score (nSPS) is 14.4. The first kappa shape index (κ1) is 17.7. The van der Waals surface area contributed by atoms with E-state index in [4.69, 9.17) is 0 Å². The summed E-state index contributed by atoms with van der Waals surface area (Å²) in [4.78, 5) is 0. The lowest BCUT2D eigenvalue weighted by Crippen LogP contribution is -2.54. The van der Waals surface area contributed by atoms with E-state index < -0.39 is 35.4 Å². The SMILES string of the molecule is O=S(=O)(C([n+]1ccccc1)S(=O)(=O)C(F)(F)F)C(F)(F)F. The number of rotatable bonds is 3. The average molecular weight is 358 g/mol. The van der Waals surface area contributed by atoms with Crippen molar-refractivity contribution in [2.24, 2.45) is 0 Å². The van der Waals surface area contributed by atoms with Crippen molar-refractivity contribution in [1.29, 1.82) is 0 Å². The van der Waals surface area contributed by atoms with Crippen molar-refractivity contribution < 1.29 is 47.7 Å². The number of aromatic nitrogens is 1. The van der Waals surface area contributed by atoms with Gasteiger partial charge in [0.2, 0.25) is 0 Å². The van der Waals surface area contributed by atoms with Crippen LogP contribution in [0.3, 0.4) is 0 Å². The Morgan fingerprint density at radius 1 is 0.714 bits per heavy atom. The van der Waals surface area contributed by atoms with Gasteiger partial charge in [0, 0.05) is 12.1 Å². The van der Waals surface area contributed by atoms with Crippen LogP contribution in [0.2, 0.25) is 0 Å². The maximum atomic E-state index is 12.5. The van der Waals surface area contributed by atoms with Gasteiger partial charge >= 0.3 is 35.4 Å². The Balaban J connectivity index is 3.72. The molecule has 1 aromatic heterocycles. The molecule has 0 atom stereocenters. The fraction of sp³-hybridized carbons (Fsp3) is 0.375. The lowest BCUT2D eigenvalue weighted by Gasteiger charge is -2.16. The van der Waals surface area contributed by atoms with Gasteiger partial charge in [-0.1, -0.05) is 6.07 Å². The third-order valence-electron chi connectivity index (χ3n) is 2.16. The molecule has 0 aliphatic carbocycles. The molecule has 13 heteroatoms. The summed E-state index contributed by atoms with van der Waals surface area (Å²) in [5.41, 5.74) is -12.4. The largest absolute Gasteiger partial charge is 0.505 e. The first-order valence-electron chi connectivity index (χ1n) is 4.79. The van der Waals surface area contributed by atoms with E-state index >= 15 is 0 Å². The smallest absolute Gasteiger partial charge is 0.211 e. The minimum atomic E-state index is -6.68. The van der Waals surface area contributed by atoms with Crippen molar-refractivity contribution in [2.75, 3.05) is 0 Å². The monoisotopic (exact) mass is 358 g/mol. The zero-order valence-electron chi connectivity index (χ0n) is 9.63. The van der Waals surface area contributed by atoms with Gasteiger partial charge in [0.25, 0.3) is 0 Å². The Morgan fingerprint density at radius 2 is 1.05 bits per heavy atom. The minimum Gasteiger partial charge on any atom is -0.211 e. The molecule has 0 bridgehead atoms. The molecular weight excluding hydrogens is 352 g/mol. The maximum absolute atomic E-state index is 12.5. The summed E-state index contributed by atoms with van der Waals surface area (Å²) in [6.45, 7) is 0. The fourth-order valence-electron chi connectivity index (χ4n) is 1.27. The van der Waals surface area contributed by atoms with Crippen LogP contribution in [0.4, 0.5) is 26.3 Å². The van der Waals surface area contributed by atoms with Gasteiger partial charge in [0.1, 0.15) is 0 Å². The lowest BCUT2D eigenvalue weighted by molar-refractivity contribution is -0.682. The first-order valence-corrected chi connectivity index (χ1v) is 7.88. The van der Waals surface area contributed by atoms with Crippen LogP contribution in [0.1, 0.15) is 4.71 Å². The van der Waals surface area contributed by atoms with Gasteiger partial charge in [0.05, 0.1) is 0 Å². The molecular formula is C8H6F6NO4S2+. The highest BCUT2D eigenvalue weighted by atomic mass is 32.3. The van der Waals surface area contributed by atoms with Gasteiger partial charge in [-0.05, 0) is 0 Å². The van der Waals surface area contributed by atoms with E-state index in [1.54, 1.807) is 0 Å². The number of hydrogen-bond donors (Lipinski definition) is 0. The third-order valence-corrected chi connectivity index (χ3v) is 6.52. The number of pyridine rings is 1. The predicted octanol–water partition coefficient (Wildman–Crippen LogP) is 1.30. The molecule has 0 aliphatic rings. The van der Waals surface area contributed by atoms with E-state index in [-0.39, 0.29) is 4.57 Å². The summed E-state index contributed by atoms with van der Waals surface area (Å²) < 4.78 is 116. The van der Waals surface area contributed by atoms with Gasteiger partial charge in [-0.2, -0.15) is 30.9 Å². The van der Waals surface area contributed by atoms with Gasteiger partial charge in [0.15, 0.2) is 12.4 Å². The Bertz CT molecular complexity index is 663. The highest BCUT2D eigenvalue weighted by molar-refractivity contribution is 8.08. The second-order valence-corrected chi connectivity index (χ2v) is 7.91. The number of alkyl halides is 6. The van der Waals surface area contributed by atoms with E-state index in [1.165, 1.54) is 0 Å². The van der Waals surface area contributed by atoms with Crippen molar-refractivity contribution >= 4 is 19.7 Å². The molecule has 1 rings (SSSR count). The van der Waals surface area contributed by atoms with Gasteiger partial charge in [-0.15, -0.1) is 0 Å². The maximum Gasteiger partial charge on any atom is 0.505 e. The molecule has 0 fully saturated rings. The lowest BCUT2D eigenvalue weighted by atomic mass is 10.5. The summed E-state index contributed by atoms with van der Waals surface area (Å²) in [6.07, 6.45) is 0.939. The molecule has 21 heavy (non-hydrogen) atoms. The first-order chi connectivity index (χ1) is 9.23. The van der Waals surface area contributed by atoms with E-state index in [0.29, 0.717) is 12.4 Å². The van der Waals surface area contributed by atoms with E-state index in [9.17, 15) is 43.2 Å². The van der Waals surface area contributed by atoms with Gasteiger partial charge in [-0.25, -0.2) is 16.8 Å². The predicted molar refractivity (Wildman–Crippen MR) is 55.6 cm³/mol. The van der Waals surface area contributed by atoms with E-state index in [1.807, 2.05) is 0 Å². The van der Waals surface area contributed by atoms with Crippen molar-refractivity contribution in [3.63, 3.8) is 0 Å². The molecule has 0 aromatic carbocycles. The van der Waals surface area contributed by atoms with Crippen LogP contribution in [0.15, 0.2) is 30.6 Å². The molecule has 0 radical (unpaired) electrons. The number of sulfone groups is 2. The standard InChI is InChI=1S/C8H6F6NO4S2/c9-7(10,11)20(16,17)6(15-4-2-1-3-5-15)21(18,19)8(12,13)14/h1-6H/q+1. The van der Waals surface area contributed by atoms with Crippen LogP contribution < -0.4 is 4.57 Å². The molecule has 0 aliphatic heterocycles. The van der Waals surface area contributed by atoms with Crippen LogP contribution in [0, 0.1) is 0 Å². The number of hydrogen-bond acceptors (Lipinski definition) is 4. The Labute approximate surface area is 114 Å². The zero-order chi connectivity index (χ0) is 16.7. The molecule has 5 nitrogen and oxygen atoms in total. The van der Waals surface area contributed by atoms with Crippen molar-refractivity contribution in [2.45, 2.75) is 15.7 Å². The van der Waals surface area contributed by atoms with Crippen LogP contribution in [0.25, 0.3) is 0 Å². The molecule has 0 spiro atoms. The summed E-state index contributed by atoms with van der Waals surface area (Å²) >= 11 is 0. The van der Waals surface area contributed by atoms with Gasteiger partial charge < -0.3 is 0 Å². The Morgan fingerprint density at radius 3 is 1.33 bits per heavy atom. The fourth-order valence-corrected chi connectivity index (χ4v) is 4.64. The molecule has 1 aromatic rings. The Kier molecular flexibility index (Phi) is 4.31. The quantitative estimate of drug-likeness (QED) is 0.603. The molecule has 0 unspecified atom stereocenters. The minimum absolute atomic E-state index is 0.189. The highest BCUT2D eigenvalue weighted by Crippen LogP contribution is 2.39. The average Bonchev–Trinajstić information content (AvgIpc) is 2.26. The van der Waals surface area contributed by atoms with E-state index in [0.717, 1.165) is 18.2 Å². The molecule has 0 saturated heterocycles. The van der Waals surface area contributed by atoms with Crippen LogP contribution >= 0.6 is 0 Å². The summed E-state index contributed by atoms with van der Waals surface area (Å²) in [5.74, 6) is 0. The second kappa shape index (κ2) is 5.12. The summed E-state index contributed by atoms with van der Waals surface area (Å²) in [7, 11) is -13.4. The molecule has 0 amide bonds. The molecule has 120 valence electrons. The van der Waals surface area contributed by atoms with Crippen LogP contribution in [0.5, 0.6) is 0 Å². The number of nitrogens with zero attached hydrogens (tertiary/aromatic N) is 1. The summed E-state index contributed by atoms with van der Waals surface area (Å²) in [6, 6.07) is 2.91. The molecule has 0 N–H and O–H groups in total. The van der Waals surface area contributed by atoms with E-state index in [2.05, 4.69) is 0 Å². The van der Waals surface area contributed by atoms with Crippen LogP contribution in [-0.4, -0.2) is 27.9 Å².